The molecular weight excluding hydrogens is 420 g/mol. The summed E-state index contributed by atoms with van der Waals surface area (Å²) in [4.78, 5) is 11.1. The van der Waals surface area contributed by atoms with Crippen molar-refractivity contribution in [2.45, 2.75) is 103 Å². The van der Waals surface area contributed by atoms with Gasteiger partial charge in [0.1, 0.15) is 0 Å². The summed E-state index contributed by atoms with van der Waals surface area (Å²) in [7, 11) is 0. The summed E-state index contributed by atoms with van der Waals surface area (Å²) in [5.74, 6) is -0.0919. The largest absolute Gasteiger partial charge is 0.478 e. The van der Waals surface area contributed by atoms with Crippen molar-refractivity contribution in [3.05, 3.63) is 11.6 Å². The SMILES string of the molecule is C/C(=C\CC[C@@H](C)[C@H]1CC[C@H]2[C@@H]3[C@H](O)[C@@H](O)[C@@H]4C[C@H](O)CC[C@]4(C)[C@H]3C[C@H](O)[C@]12C)C(=O)O. The van der Waals surface area contributed by atoms with Gasteiger partial charge in [0, 0.05) is 5.57 Å². The lowest BCUT2D eigenvalue weighted by Crippen LogP contribution is -2.66. The number of aliphatic carboxylic acids is 1. The fourth-order valence-corrected chi connectivity index (χ4v) is 9.02. The predicted molar refractivity (Wildman–Crippen MR) is 125 cm³/mol. The molecule has 5 N–H and O–H groups in total. The molecule has 0 saturated heterocycles. The minimum absolute atomic E-state index is 0.0313. The van der Waals surface area contributed by atoms with E-state index < -0.39 is 30.4 Å². The summed E-state index contributed by atoms with van der Waals surface area (Å²) in [6.07, 6.45) is 5.52. The van der Waals surface area contributed by atoms with Crippen LogP contribution >= 0.6 is 0 Å². The predicted octanol–water partition coefficient (Wildman–Crippen LogP) is 3.37. The minimum Gasteiger partial charge on any atom is -0.478 e. The Morgan fingerprint density at radius 3 is 2.36 bits per heavy atom. The van der Waals surface area contributed by atoms with Crippen molar-refractivity contribution in [1.82, 2.24) is 0 Å². The Hall–Kier alpha value is -0.950. The maximum absolute atomic E-state index is 11.6. The summed E-state index contributed by atoms with van der Waals surface area (Å²) in [6, 6.07) is 0. The van der Waals surface area contributed by atoms with Crippen molar-refractivity contribution in [2.75, 3.05) is 0 Å². The van der Waals surface area contributed by atoms with E-state index in [4.69, 9.17) is 5.11 Å². The van der Waals surface area contributed by atoms with Crippen LogP contribution in [0.3, 0.4) is 0 Å². The molecule has 0 bridgehead atoms. The molecule has 0 aromatic heterocycles. The van der Waals surface area contributed by atoms with Gasteiger partial charge in [-0.15, -0.1) is 0 Å². The highest BCUT2D eigenvalue weighted by Crippen LogP contribution is 2.68. The first-order chi connectivity index (χ1) is 15.4. The van der Waals surface area contributed by atoms with E-state index in [1.807, 2.05) is 0 Å². The molecule has 0 spiro atoms. The summed E-state index contributed by atoms with van der Waals surface area (Å²) in [5.41, 5.74) is -0.115. The molecule has 0 unspecified atom stereocenters. The number of fused-ring (bicyclic) bond motifs is 5. The first kappa shape index (κ1) is 25.2. The molecule has 4 aliphatic carbocycles. The third kappa shape index (κ3) is 3.89. The quantitative estimate of drug-likeness (QED) is 0.398. The fourth-order valence-electron chi connectivity index (χ4n) is 9.02. The highest BCUT2D eigenvalue weighted by molar-refractivity contribution is 5.85. The Bertz CT molecular complexity index is 781. The lowest BCUT2D eigenvalue weighted by molar-refractivity contribution is -0.243. The molecular formula is C27H44O6. The molecule has 0 radical (unpaired) electrons. The molecule has 0 amide bonds. The highest BCUT2D eigenvalue weighted by Gasteiger charge is 2.67. The van der Waals surface area contributed by atoms with Gasteiger partial charge in [-0.05, 0) is 105 Å². The van der Waals surface area contributed by atoms with Gasteiger partial charge in [0.05, 0.1) is 24.4 Å². The summed E-state index contributed by atoms with van der Waals surface area (Å²) < 4.78 is 0. The maximum atomic E-state index is 11.6. The van der Waals surface area contributed by atoms with E-state index in [9.17, 15) is 25.2 Å². The number of rotatable bonds is 5. The Labute approximate surface area is 198 Å². The standard InChI is InChI=1S/C27H44O6/c1-14(6-5-7-15(2)25(32)33)17-8-9-18-22-19(13-21(29)27(17,18)4)26(3)11-10-16(28)12-20(26)23(30)24(22)31/h7,14,16-24,28-31H,5-6,8-13H2,1-4H3,(H,32,33)/b15-7+/t14-,16-,17-,18+,19+,20+,21+,22+,23+,24+,26-,27-/m1/s1. The number of aliphatic hydroxyl groups is 4. The molecule has 0 aliphatic heterocycles. The number of hydrogen-bond acceptors (Lipinski definition) is 5. The second kappa shape index (κ2) is 8.92. The maximum Gasteiger partial charge on any atom is 0.330 e. The van der Waals surface area contributed by atoms with E-state index in [0.717, 1.165) is 32.1 Å². The van der Waals surface area contributed by atoms with Gasteiger partial charge >= 0.3 is 5.97 Å². The first-order valence-corrected chi connectivity index (χ1v) is 13.0. The van der Waals surface area contributed by atoms with Crippen molar-refractivity contribution >= 4 is 5.97 Å². The van der Waals surface area contributed by atoms with E-state index in [1.165, 1.54) is 0 Å². The van der Waals surface area contributed by atoms with Crippen molar-refractivity contribution in [2.24, 2.45) is 46.3 Å². The third-order valence-electron chi connectivity index (χ3n) is 11.0. The number of allylic oxidation sites excluding steroid dienone is 1. The van der Waals surface area contributed by atoms with Crippen LogP contribution in [-0.2, 0) is 4.79 Å². The lowest BCUT2D eigenvalue weighted by Gasteiger charge is -2.64. The summed E-state index contributed by atoms with van der Waals surface area (Å²) in [5, 5.41) is 53.5. The second-order valence-electron chi connectivity index (χ2n) is 12.4. The monoisotopic (exact) mass is 464 g/mol. The van der Waals surface area contributed by atoms with E-state index in [2.05, 4.69) is 20.8 Å². The second-order valence-corrected chi connectivity index (χ2v) is 12.4. The van der Waals surface area contributed by atoms with Crippen LogP contribution in [0.5, 0.6) is 0 Å². The normalized spacial score (nSPS) is 50.8. The lowest BCUT2D eigenvalue weighted by atomic mass is 9.42. The number of carboxylic acid groups (broad SMARTS) is 1. The topological polar surface area (TPSA) is 118 Å². The van der Waals surface area contributed by atoms with Crippen LogP contribution in [0.25, 0.3) is 0 Å². The molecule has 188 valence electrons. The van der Waals surface area contributed by atoms with E-state index in [0.29, 0.717) is 36.7 Å². The number of carbonyl (C=O) groups is 1. The van der Waals surface area contributed by atoms with Crippen LogP contribution in [0.4, 0.5) is 0 Å². The van der Waals surface area contributed by atoms with Crippen LogP contribution in [-0.4, -0.2) is 55.9 Å². The van der Waals surface area contributed by atoms with Crippen molar-refractivity contribution < 1.29 is 30.3 Å². The minimum atomic E-state index is -0.879. The zero-order valence-corrected chi connectivity index (χ0v) is 20.7. The van der Waals surface area contributed by atoms with Crippen molar-refractivity contribution in [3.63, 3.8) is 0 Å². The highest BCUT2D eigenvalue weighted by atomic mass is 16.4. The van der Waals surface area contributed by atoms with Gasteiger partial charge < -0.3 is 25.5 Å². The first-order valence-electron chi connectivity index (χ1n) is 13.0. The molecule has 4 saturated carbocycles. The van der Waals surface area contributed by atoms with Crippen molar-refractivity contribution in [3.8, 4) is 0 Å². The zero-order valence-electron chi connectivity index (χ0n) is 20.7. The molecule has 4 fully saturated rings. The van der Waals surface area contributed by atoms with Crippen LogP contribution < -0.4 is 0 Å². The van der Waals surface area contributed by atoms with Gasteiger partial charge in [0.25, 0.3) is 0 Å². The molecule has 33 heavy (non-hydrogen) atoms. The van der Waals surface area contributed by atoms with Crippen LogP contribution in [0.15, 0.2) is 11.6 Å². The molecule has 6 heteroatoms. The van der Waals surface area contributed by atoms with Crippen LogP contribution in [0, 0.1) is 46.3 Å². The third-order valence-corrected chi connectivity index (χ3v) is 11.0. The van der Waals surface area contributed by atoms with E-state index in [1.54, 1.807) is 13.0 Å². The molecule has 0 aromatic rings. The van der Waals surface area contributed by atoms with Gasteiger partial charge in [0.15, 0.2) is 0 Å². The molecule has 6 nitrogen and oxygen atoms in total. The fraction of sp³-hybridized carbons (Fsp3) is 0.889. The van der Waals surface area contributed by atoms with Gasteiger partial charge in [0.2, 0.25) is 0 Å². The van der Waals surface area contributed by atoms with Crippen LogP contribution in [0.1, 0.15) is 79.1 Å². The van der Waals surface area contributed by atoms with Gasteiger partial charge in [-0.2, -0.15) is 0 Å². The van der Waals surface area contributed by atoms with Crippen LogP contribution in [0.2, 0.25) is 0 Å². The average molecular weight is 465 g/mol. The van der Waals surface area contributed by atoms with E-state index in [-0.39, 0.29) is 34.5 Å². The Kier molecular flexibility index (Phi) is 6.80. The molecule has 4 rings (SSSR count). The smallest absolute Gasteiger partial charge is 0.330 e. The van der Waals surface area contributed by atoms with E-state index >= 15 is 0 Å². The Morgan fingerprint density at radius 2 is 1.70 bits per heavy atom. The molecule has 0 aromatic carbocycles. The molecule has 0 heterocycles. The molecule has 4 aliphatic rings. The summed E-state index contributed by atoms with van der Waals surface area (Å²) >= 11 is 0. The number of hydrogen-bond donors (Lipinski definition) is 5. The number of aliphatic hydroxyl groups excluding tert-OH is 4. The molecule has 12 atom stereocenters. The average Bonchev–Trinajstić information content (AvgIpc) is 3.12. The summed E-state index contributed by atoms with van der Waals surface area (Å²) in [6.45, 7) is 8.26. The van der Waals surface area contributed by atoms with Gasteiger partial charge in [-0.3, -0.25) is 0 Å². The Balaban J connectivity index is 1.57. The van der Waals surface area contributed by atoms with Gasteiger partial charge in [-0.25, -0.2) is 4.79 Å². The number of carboxylic acids is 1. The zero-order chi connectivity index (χ0) is 24.3. The Morgan fingerprint density at radius 1 is 1.00 bits per heavy atom. The van der Waals surface area contributed by atoms with Gasteiger partial charge in [-0.1, -0.05) is 26.8 Å². The van der Waals surface area contributed by atoms with Crippen molar-refractivity contribution in [1.29, 1.82) is 0 Å².